The molecule has 5 rings (SSSR count). The third-order valence-electron chi connectivity index (χ3n) is 6.13. The van der Waals surface area contributed by atoms with E-state index in [2.05, 4.69) is 68.3 Å². The molecule has 0 saturated heterocycles. The third kappa shape index (κ3) is 4.29. The van der Waals surface area contributed by atoms with Gasteiger partial charge in [0.25, 0.3) is 0 Å². The average molecular weight is 445 g/mol. The van der Waals surface area contributed by atoms with Crippen molar-refractivity contribution in [3.05, 3.63) is 60.9 Å². The molecular weight excluding hydrogens is 416 g/mol. The number of nitrogens with zero attached hydrogens (tertiary/aromatic N) is 4. The number of aliphatic hydroxyl groups excluding tert-OH is 2. The molecule has 33 heavy (non-hydrogen) atoms. The van der Waals surface area contributed by atoms with Crippen molar-refractivity contribution in [3.8, 4) is 22.5 Å². The number of amidine groups is 2. The minimum absolute atomic E-state index is 0.106. The molecule has 0 amide bonds. The Hall–Kier alpha value is -3.42. The molecule has 3 heterocycles. The predicted octanol–water partition coefficient (Wildman–Crippen LogP) is 3.82. The predicted molar refractivity (Wildman–Crippen MR) is 132 cm³/mol. The summed E-state index contributed by atoms with van der Waals surface area (Å²) in [6.45, 7) is 3.44. The Morgan fingerprint density at radius 2 is 1.21 bits per heavy atom. The molecule has 7 nitrogen and oxygen atoms in total. The molecular formula is C26H28N4O3. The van der Waals surface area contributed by atoms with E-state index in [1.54, 1.807) is 6.26 Å². The molecule has 2 aromatic carbocycles. The lowest BCUT2D eigenvalue weighted by molar-refractivity contribution is 0.306. The van der Waals surface area contributed by atoms with E-state index in [0.717, 1.165) is 71.7 Å². The first-order chi connectivity index (χ1) is 16.3. The van der Waals surface area contributed by atoms with Gasteiger partial charge in [0.15, 0.2) is 0 Å². The van der Waals surface area contributed by atoms with Crippen LogP contribution in [0.25, 0.3) is 22.5 Å². The van der Waals surface area contributed by atoms with E-state index in [1.807, 2.05) is 6.07 Å². The zero-order valence-corrected chi connectivity index (χ0v) is 18.5. The Morgan fingerprint density at radius 3 is 1.73 bits per heavy atom. The second-order valence-electron chi connectivity index (χ2n) is 8.10. The summed E-state index contributed by atoms with van der Waals surface area (Å²) >= 11 is 0. The summed E-state index contributed by atoms with van der Waals surface area (Å²) in [7, 11) is 0. The fraction of sp³-hybridized carbons (Fsp3) is 0.308. The number of aliphatic hydroxyl groups is 2. The second-order valence-corrected chi connectivity index (χ2v) is 8.10. The van der Waals surface area contributed by atoms with Gasteiger partial charge in [-0.1, -0.05) is 12.1 Å². The normalized spacial score (nSPS) is 15.8. The van der Waals surface area contributed by atoms with Crippen LogP contribution in [0, 0.1) is 0 Å². The van der Waals surface area contributed by atoms with Gasteiger partial charge in [0, 0.05) is 48.4 Å². The van der Waals surface area contributed by atoms with E-state index < -0.39 is 0 Å². The fourth-order valence-electron chi connectivity index (χ4n) is 4.55. The molecule has 1 aromatic heterocycles. The van der Waals surface area contributed by atoms with Gasteiger partial charge < -0.3 is 24.4 Å². The summed E-state index contributed by atoms with van der Waals surface area (Å²) < 4.78 is 5.88. The Bertz CT molecular complexity index is 1060. The van der Waals surface area contributed by atoms with Crippen molar-refractivity contribution in [3.63, 3.8) is 0 Å². The molecule has 2 aliphatic rings. The van der Waals surface area contributed by atoms with Crippen molar-refractivity contribution < 1.29 is 14.6 Å². The molecule has 3 aromatic rings. The van der Waals surface area contributed by atoms with Crippen molar-refractivity contribution in [2.45, 2.75) is 12.8 Å². The van der Waals surface area contributed by atoms with Crippen molar-refractivity contribution in [1.29, 1.82) is 0 Å². The number of anilines is 2. The van der Waals surface area contributed by atoms with E-state index in [4.69, 9.17) is 4.42 Å². The van der Waals surface area contributed by atoms with Crippen LogP contribution in [0.15, 0.2) is 75.3 Å². The van der Waals surface area contributed by atoms with Crippen LogP contribution < -0.4 is 9.80 Å². The molecule has 0 unspecified atom stereocenters. The number of furan rings is 1. The Labute approximate surface area is 193 Å². The van der Waals surface area contributed by atoms with Crippen LogP contribution in [0.4, 0.5) is 11.4 Å². The van der Waals surface area contributed by atoms with Crippen molar-refractivity contribution in [2.24, 2.45) is 9.98 Å². The first-order valence-corrected chi connectivity index (χ1v) is 11.4. The number of benzene rings is 2. The summed E-state index contributed by atoms with van der Waals surface area (Å²) in [4.78, 5) is 13.3. The van der Waals surface area contributed by atoms with Crippen LogP contribution in [-0.2, 0) is 0 Å². The smallest absolute Gasteiger partial charge is 0.141 e. The van der Waals surface area contributed by atoms with Crippen LogP contribution in [0.1, 0.15) is 12.8 Å². The van der Waals surface area contributed by atoms with E-state index in [9.17, 15) is 10.2 Å². The molecule has 0 atom stereocenters. The van der Waals surface area contributed by atoms with Gasteiger partial charge >= 0.3 is 0 Å². The molecule has 0 radical (unpaired) electrons. The SMILES string of the molecule is OCCC1=NCCN1c1ccc(-c2ccoc2-c2ccc(N3CCN=C3CCO)cc2)cc1. The monoisotopic (exact) mass is 444 g/mol. The van der Waals surface area contributed by atoms with Crippen molar-refractivity contribution in [2.75, 3.05) is 49.2 Å². The molecule has 0 fully saturated rings. The summed E-state index contributed by atoms with van der Waals surface area (Å²) in [5, 5.41) is 18.6. The Morgan fingerprint density at radius 1 is 0.697 bits per heavy atom. The zero-order chi connectivity index (χ0) is 22.6. The summed E-state index contributed by atoms with van der Waals surface area (Å²) in [6.07, 6.45) is 2.88. The van der Waals surface area contributed by atoms with E-state index in [1.165, 1.54) is 0 Å². The van der Waals surface area contributed by atoms with E-state index in [0.29, 0.717) is 12.8 Å². The van der Waals surface area contributed by atoms with Crippen LogP contribution >= 0.6 is 0 Å². The highest BCUT2D eigenvalue weighted by atomic mass is 16.3. The van der Waals surface area contributed by atoms with E-state index in [-0.39, 0.29) is 13.2 Å². The van der Waals surface area contributed by atoms with Gasteiger partial charge in [-0.15, -0.1) is 0 Å². The van der Waals surface area contributed by atoms with Gasteiger partial charge in [-0.3, -0.25) is 9.98 Å². The average Bonchev–Trinajstić information content (AvgIpc) is 3.61. The highest BCUT2D eigenvalue weighted by molar-refractivity contribution is 6.00. The number of hydrogen-bond acceptors (Lipinski definition) is 7. The highest BCUT2D eigenvalue weighted by Crippen LogP contribution is 2.35. The molecule has 2 N–H and O–H groups in total. The summed E-state index contributed by atoms with van der Waals surface area (Å²) in [5.41, 5.74) is 5.31. The maximum atomic E-state index is 9.28. The Balaban J connectivity index is 1.35. The second kappa shape index (κ2) is 9.60. The van der Waals surface area contributed by atoms with Gasteiger partial charge in [0.05, 0.1) is 32.6 Å². The third-order valence-corrected chi connectivity index (χ3v) is 6.13. The molecule has 0 bridgehead atoms. The lowest BCUT2D eigenvalue weighted by Crippen LogP contribution is -2.27. The highest BCUT2D eigenvalue weighted by Gasteiger charge is 2.20. The molecule has 0 spiro atoms. The van der Waals surface area contributed by atoms with Crippen LogP contribution in [-0.4, -0.2) is 61.3 Å². The summed E-state index contributed by atoms with van der Waals surface area (Å²) in [6, 6.07) is 18.7. The maximum absolute atomic E-state index is 9.28. The minimum Gasteiger partial charge on any atom is -0.464 e. The van der Waals surface area contributed by atoms with Gasteiger partial charge in [0.1, 0.15) is 17.4 Å². The number of hydrogen-bond donors (Lipinski definition) is 2. The number of aliphatic imine (C=N–C) groups is 2. The van der Waals surface area contributed by atoms with Crippen LogP contribution in [0.3, 0.4) is 0 Å². The zero-order valence-electron chi connectivity index (χ0n) is 18.5. The molecule has 7 heteroatoms. The maximum Gasteiger partial charge on any atom is 0.141 e. The van der Waals surface area contributed by atoms with Crippen LogP contribution in [0.5, 0.6) is 0 Å². The van der Waals surface area contributed by atoms with Crippen LogP contribution in [0.2, 0.25) is 0 Å². The molecule has 0 aliphatic carbocycles. The Kier molecular flexibility index (Phi) is 6.24. The lowest BCUT2D eigenvalue weighted by Gasteiger charge is -2.20. The van der Waals surface area contributed by atoms with Crippen molar-refractivity contribution in [1.82, 2.24) is 0 Å². The topological polar surface area (TPSA) is 84.8 Å². The molecule has 2 aliphatic heterocycles. The first kappa shape index (κ1) is 21.4. The van der Waals surface area contributed by atoms with Gasteiger partial charge in [-0.2, -0.15) is 0 Å². The standard InChI is InChI=1S/C26H28N4O3/c31-16-9-24-27-12-14-29(24)21-5-1-19(2-6-21)23-11-18-33-26(23)20-3-7-22(8-4-20)30-15-13-28-25(30)10-17-32/h1-8,11,18,31-32H,9-10,12-17H2. The van der Waals surface area contributed by atoms with Gasteiger partial charge in [-0.05, 0) is 48.0 Å². The van der Waals surface area contributed by atoms with Gasteiger partial charge in [0.2, 0.25) is 0 Å². The first-order valence-electron chi connectivity index (χ1n) is 11.4. The van der Waals surface area contributed by atoms with Crippen molar-refractivity contribution >= 4 is 23.0 Å². The molecule has 170 valence electrons. The quantitative estimate of drug-likeness (QED) is 0.552. The lowest BCUT2D eigenvalue weighted by atomic mass is 10.0. The minimum atomic E-state index is 0.106. The fourth-order valence-corrected chi connectivity index (χ4v) is 4.55. The number of rotatable bonds is 8. The largest absolute Gasteiger partial charge is 0.464 e. The summed E-state index contributed by atoms with van der Waals surface area (Å²) in [5.74, 6) is 2.72. The van der Waals surface area contributed by atoms with Gasteiger partial charge in [-0.25, -0.2) is 0 Å². The van der Waals surface area contributed by atoms with E-state index >= 15 is 0 Å². The molecule has 0 saturated carbocycles.